The Morgan fingerprint density at radius 3 is 2.67 bits per heavy atom. The fourth-order valence-electron chi connectivity index (χ4n) is 5.17. The van der Waals surface area contributed by atoms with Gasteiger partial charge in [0.05, 0.1) is 38.9 Å². The number of fused-ring (bicyclic) bond motifs is 1. The lowest BCUT2D eigenvalue weighted by Gasteiger charge is -2.22. The summed E-state index contributed by atoms with van der Waals surface area (Å²) in [4.78, 5) is 18.5. The lowest BCUT2D eigenvalue weighted by Crippen LogP contribution is -2.30. The number of aromatic amines is 1. The first-order valence-electron chi connectivity index (χ1n) is 13.4. The minimum atomic E-state index is -0.0775. The summed E-state index contributed by atoms with van der Waals surface area (Å²) in [6.45, 7) is 7.13. The number of hydrogen-bond donors (Lipinski definition) is 1. The highest BCUT2D eigenvalue weighted by Crippen LogP contribution is 2.28. The third kappa shape index (κ3) is 6.12. The van der Waals surface area contributed by atoms with Crippen molar-refractivity contribution in [3.05, 3.63) is 74.8 Å². The van der Waals surface area contributed by atoms with Crippen molar-refractivity contribution >= 4 is 10.9 Å². The van der Waals surface area contributed by atoms with Crippen molar-refractivity contribution in [1.29, 1.82) is 0 Å². The summed E-state index contributed by atoms with van der Waals surface area (Å²) in [5.41, 5.74) is 4.81. The molecule has 1 aliphatic rings. The number of nitrogens with one attached hydrogen (secondary N) is 1. The Bertz CT molecular complexity index is 1490. The summed E-state index contributed by atoms with van der Waals surface area (Å²) in [7, 11) is 3.27. The summed E-state index contributed by atoms with van der Waals surface area (Å²) >= 11 is 0. The standard InChI is InChI=1S/C29H36N6O4/c1-19-7-8-20(2)28-24(19)15-22(29(36)30-28)16-34(12-11-21-9-10-25(37-3)26(14-21)38-4)18-27-31-32-33-35(27)17-23-6-5-13-39-23/h7-10,14-15,23H,5-6,11-13,16-18H2,1-4H3,(H,30,36)/t23-/m0/s1. The summed E-state index contributed by atoms with van der Waals surface area (Å²) in [5.74, 6) is 2.14. The highest BCUT2D eigenvalue weighted by molar-refractivity contribution is 5.85. The number of rotatable bonds is 11. The number of tetrazole rings is 1. The van der Waals surface area contributed by atoms with Crippen LogP contribution in [0.2, 0.25) is 0 Å². The molecule has 2 aromatic carbocycles. The zero-order chi connectivity index (χ0) is 27.4. The maximum atomic E-state index is 13.2. The Labute approximate surface area is 227 Å². The van der Waals surface area contributed by atoms with Crippen LogP contribution < -0.4 is 15.0 Å². The van der Waals surface area contributed by atoms with E-state index in [1.54, 1.807) is 14.2 Å². The first-order valence-corrected chi connectivity index (χ1v) is 13.4. The third-order valence-corrected chi connectivity index (χ3v) is 7.45. The van der Waals surface area contributed by atoms with E-state index in [0.717, 1.165) is 59.3 Å². The number of aromatic nitrogens is 5. The van der Waals surface area contributed by atoms with Crippen LogP contribution in [0.25, 0.3) is 10.9 Å². The molecule has 0 unspecified atom stereocenters. The van der Waals surface area contributed by atoms with Crippen molar-refractivity contribution < 1.29 is 14.2 Å². The molecule has 0 bridgehead atoms. The Kier molecular flexibility index (Phi) is 8.23. The van der Waals surface area contributed by atoms with Gasteiger partial charge in [-0.3, -0.25) is 9.69 Å². The van der Waals surface area contributed by atoms with Crippen LogP contribution in [0.3, 0.4) is 0 Å². The van der Waals surface area contributed by atoms with E-state index in [0.29, 0.717) is 43.2 Å². The summed E-state index contributed by atoms with van der Waals surface area (Å²) in [6.07, 6.45) is 2.94. The number of aryl methyl sites for hydroxylation is 2. The smallest absolute Gasteiger partial charge is 0.252 e. The molecule has 1 fully saturated rings. The Morgan fingerprint density at radius 2 is 1.90 bits per heavy atom. The van der Waals surface area contributed by atoms with E-state index in [4.69, 9.17) is 14.2 Å². The van der Waals surface area contributed by atoms with Gasteiger partial charge < -0.3 is 19.2 Å². The number of nitrogens with zero attached hydrogens (tertiary/aromatic N) is 5. The molecule has 1 atom stereocenters. The second kappa shape index (κ2) is 12.0. The average Bonchev–Trinajstić information content (AvgIpc) is 3.62. The van der Waals surface area contributed by atoms with Crippen LogP contribution in [-0.4, -0.2) is 63.6 Å². The van der Waals surface area contributed by atoms with Crippen LogP contribution >= 0.6 is 0 Å². The second-order valence-corrected chi connectivity index (χ2v) is 10.2. The van der Waals surface area contributed by atoms with Gasteiger partial charge in [-0.2, -0.15) is 0 Å². The maximum Gasteiger partial charge on any atom is 0.252 e. The first-order chi connectivity index (χ1) is 18.9. The van der Waals surface area contributed by atoms with Gasteiger partial charge in [-0.05, 0) is 78.4 Å². The molecule has 10 nitrogen and oxygen atoms in total. The fourth-order valence-corrected chi connectivity index (χ4v) is 5.17. The molecule has 2 aromatic heterocycles. The van der Waals surface area contributed by atoms with E-state index >= 15 is 0 Å². The van der Waals surface area contributed by atoms with E-state index in [1.165, 1.54) is 0 Å². The van der Waals surface area contributed by atoms with Crippen molar-refractivity contribution in [2.24, 2.45) is 0 Å². The zero-order valence-electron chi connectivity index (χ0n) is 23.1. The van der Waals surface area contributed by atoms with Crippen molar-refractivity contribution in [2.45, 2.75) is 58.8 Å². The number of ether oxygens (including phenoxy) is 3. The molecule has 1 saturated heterocycles. The normalized spacial score (nSPS) is 15.4. The Morgan fingerprint density at radius 1 is 1.08 bits per heavy atom. The zero-order valence-corrected chi connectivity index (χ0v) is 23.1. The Balaban J connectivity index is 1.42. The predicted octanol–water partition coefficient (Wildman–Crippen LogP) is 3.57. The number of methoxy groups -OCH3 is 2. The molecule has 3 heterocycles. The molecule has 4 aromatic rings. The lowest BCUT2D eigenvalue weighted by molar-refractivity contribution is 0.0916. The summed E-state index contributed by atoms with van der Waals surface area (Å²) < 4.78 is 18.5. The number of H-pyrrole nitrogens is 1. The van der Waals surface area contributed by atoms with Gasteiger partial charge in [0, 0.05) is 30.6 Å². The first kappa shape index (κ1) is 26.8. The molecular formula is C29H36N6O4. The van der Waals surface area contributed by atoms with Crippen molar-refractivity contribution in [3.8, 4) is 11.5 Å². The fraction of sp³-hybridized carbons (Fsp3) is 0.448. The van der Waals surface area contributed by atoms with Gasteiger partial charge >= 0.3 is 0 Å². The topological polar surface area (TPSA) is 107 Å². The van der Waals surface area contributed by atoms with E-state index in [1.807, 2.05) is 41.9 Å². The predicted molar refractivity (Wildman–Crippen MR) is 148 cm³/mol. The van der Waals surface area contributed by atoms with E-state index < -0.39 is 0 Å². The van der Waals surface area contributed by atoms with Gasteiger partial charge in [0.1, 0.15) is 0 Å². The molecule has 10 heteroatoms. The molecule has 0 saturated carbocycles. The molecular weight excluding hydrogens is 496 g/mol. The largest absolute Gasteiger partial charge is 0.493 e. The van der Waals surface area contributed by atoms with Gasteiger partial charge in [0.2, 0.25) is 0 Å². The molecule has 0 spiro atoms. The summed E-state index contributed by atoms with van der Waals surface area (Å²) in [6, 6.07) is 12.1. The monoisotopic (exact) mass is 532 g/mol. The van der Waals surface area contributed by atoms with Crippen LogP contribution in [0.5, 0.6) is 11.5 Å². The van der Waals surface area contributed by atoms with Crippen LogP contribution in [0, 0.1) is 13.8 Å². The quantitative estimate of drug-likeness (QED) is 0.312. The van der Waals surface area contributed by atoms with E-state index in [9.17, 15) is 4.79 Å². The number of hydrogen-bond acceptors (Lipinski definition) is 8. The second-order valence-electron chi connectivity index (χ2n) is 10.2. The third-order valence-electron chi connectivity index (χ3n) is 7.45. The molecule has 0 radical (unpaired) electrons. The van der Waals surface area contributed by atoms with Gasteiger partial charge in [0.15, 0.2) is 17.3 Å². The molecule has 206 valence electrons. The Hall–Kier alpha value is -3.76. The van der Waals surface area contributed by atoms with Crippen molar-refractivity contribution in [2.75, 3.05) is 27.4 Å². The molecule has 0 amide bonds. The minimum Gasteiger partial charge on any atom is -0.493 e. The molecule has 39 heavy (non-hydrogen) atoms. The maximum absolute atomic E-state index is 13.2. The van der Waals surface area contributed by atoms with Crippen molar-refractivity contribution in [3.63, 3.8) is 0 Å². The number of pyridine rings is 1. The van der Waals surface area contributed by atoms with Gasteiger partial charge in [-0.15, -0.1) is 5.10 Å². The number of benzene rings is 2. The van der Waals surface area contributed by atoms with Crippen LogP contribution in [-0.2, 0) is 30.8 Å². The molecule has 5 rings (SSSR count). The van der Waals surface area contributed by atoms with Gasteiger partial charge in [-0.1, -0.05) is 18.2 Å². The lowest BCUT2D eigenvalue weighted by atomic mass is 10.0. The van der Waals surface area contributed by atoms with E-state index in [-0.39, 0.29) is 11.7 Å². The van der Waals surface area contributed by atoms with E-state index in [2.05, 4.69) is 38.4 Å². The van der Waals surface area contributed by atoms with Gasteiger partial charge in [-0.25, -0.2) is 4.68 Å². The van der Waals surface area contributed by atoms with Crippen LogP contribution in [0.4, 0.5) is 0 Å². The van der Waals surface area contributed by atoms with Crippen LogP contribution in [0.15, 0.2) is 41.2 Å². The molecule has 1 N–H and O–H groups in total. The minimum absolute atomic E-state index is 0.0775. The summed E-state index contributed by atoms with van der Waals surface area (Å²) in [5, 5.41) is 13.6. The highest BCUT2D eigenvalue weighted by atomic mass is 16.5. The van der Waals surface area contributed by atoms with Crippen LogP contribution in [0.1, 0.15) is 40.9 Å². The highest BCUT2D eigenvalue weighted by Gasteiger charge is 2.21. The average molecular weight is 533 g/mol. The SMILES string of the molecule is COc1ccc(CCN(Cc2cc3c(C)ccc(C)c3[nH]c2=O)Cc2nnnn2C[C@@H]2CCCO2)cc1OC. The van der Waals surface area contributed by atoms with Crippen molar-refractivity contribution in [1.82, 2.24) is 30.1 Å². The molecule has 0 aliphatic carbocycles. The van der Waals surface area contributed by atoms with Gasteiger partial charge in [0.25, 0.3) is 5.56 Å². The molecule has 1 aliphatic heterocycles.